The number of nitrogens with zero attached hydrogens (tertiary/aromatic N) is 1. The number of benzene rings is 1. The van der Waals surface area contributed by atoms with E-state index in [0.717, 1.165) is 12.8 Å². The van der Waals surface area contributed by atoms with E-state index in [9.17, 15) is 4.79 Å². The molecule has 1 aromatic carbocycles. The van der Waals surface area contributed by atoms with Crippen LogP contribution in [0.3, 0.4) is 0 Å². The van der Waals surface area contributed by atoms with Crippen molar-refractivity contribution in [3.05, 3.63) is 35.4 Å². The fraction of sp³-hybridized carbons (Fsp3) is 0.588. The first kappa shape index (κ1) is 14.1. The summed E-state index contributed by atoms with van der Waals surface area (Å²) >= 11 is 0. The molecule has 1 amide bonds. The van der Waals surface area contributed by atoms with Gasteiger partial charge in [0, 0.05) is 20.0 Å². The lowest BCUT2D eigenvalue weighted by Crippen LogP contribution is -2.34. The van der Waals surface area contributed by atoms with Crippen LogP contribution in [0.5, 0.6) is 0 Å². The molecule has 0 aromatic heterocycles. The molecular weight excluding hydrogens is 234 g/mol. The molecule has 3 atom stereocenters. The Balaban J connectivity index is 2.19. The molecule has 1 aliphatic carbocycles. The van der Waals surface area contributed by atoms with Gasteiger partial charge in [-0.1, -0.05) is 31.2 Å². The van der Waals surface area contributed by atoms with Crippen molar-refractivity contribution in [3.8, 4) is 0 Å². The highest BCUT2D eigenvalue weighted by Crippen LogP contribution is 2.40. The summed E-state index contributed by atoms with van der Waals surface area (Å²) in [6.07, 6.45) is 3.26. The van der Waals surface area contributed by atoms with Gasteiger partial charge in [-0.15, -0.1) is 0 Å². The highest BCUT2D eigenvalue weighted by atomic mass is 16.2. The SMILES string of the molecule is Cc1ccccc1C1CC(C(=O)N(C)C)C[C@@H](C)C1. The van der Waals surface area contributed by atoms with Crippen LogP contribution in [0.15, 0.2) is 24.3 Å². The molecule has 0 radical (unpaired) electrons. The lowest BCUT2D eigenvalue weighted by Gasteiger charge is -2.34. The second-order valence-corrected chi connectivity index (χ2v) is 6.30. The number of hydrogen-bond donors (Lipinski definition) is 0. The van der Waals surface area contributed by atoms with Gasteiger partial charge in [0.15, 0.2) is 0 Å². The average molecular weight is 259 g/mol. The Labute approximate surface area is 116 Å². The third-order valence-corrected chi connectivity index (χ3v) is 4.36. The maximum Gasteiger partial charge on any atom is 0.225 e. The fourth-order valence-corrected chi connectivity index (χ4v) is 3.47. The van der Waals surface area contributed by atoms with Gasteiger partial charge >= 0.3 is 0 Å². The minimum atomic E-state index is 0.198. The molecule has 0 heterocycles. The molecule has 19 heavy (non-hydrogen) atoms. The summed E-state index contributed by atoms with van der Waals surface area (Å²) in [6.45, 7) is 4.46. The summed E-state index contributed by atoms with van der Waals surface area (Å²) in [5.74, 6) is 1.67. The number of aryl methyl sites for hydroxylation is 1. The molecule has 2 unspecified atom stereocenters. The van der Waals surface area contributed by atoms with Gasteiger partial charge in [-0.3, -0.25) is 4.79 Å². The van der Waals surface area contributed by atoms with E-state index in [4.69, 9.17) is 0 Å². The second-order valence-electron chi connectivity index (χ2n) is 6.30. The van der Waals surface area contributed by atoms with Crippen LogP contribution < -0.4 is 0 Å². The van der Waals surface area contributed by atoms with E-state index in [1.165, 1.54) is 17.5 Å². The summed E-state index contributed by atoms with van der Waals surface area (Å²) in [7, 11) is 3.73. The molecule has 1 aromatic rings. The lowest BCUT2D eigenvalue weighted by atomic mass is 9.72. The lowest BCUT2D eigenvalue weighted by molar-refractivity contribution is -0.134. The van der Waals surface area contributed by atoms with Crippen LogP contribution in [0.2, 0.25) is 0 Å². The van der Waals surface area contributed by atoms with Gasteiger partial charge in [0.2, 0.25) is 5.91 Å². The zero-order valence-corrected chi connectivity index (χ0v) is 12.5. The van der Waals surface area contributed by atoms with E-state index >= 15 is 0 Å². The van der Waals surface area contributed by atoms with Crippen LogP contribution in [0.4, 0.5) is 0 Å². The molecule has 1 fully saturated rings. The molecule has 104 valence electrons. The zero-order chi connectivity index (χ0) is 14.0. The molecule has 0 N–H and O–H groups in total. The standard InChI is InChI=1S/C17H25NO/c1-12-9-14(16-8-6-5-7-13(16)2)11-15(10-12)17(19)18(3)4/h5-8,12,14-15H,9-11H2,1-4H3/t12-,14?,15?/m0/s1. The van der Waals surface area contributed by atoms with Crippen LogP contribution in [0, 0.1) is 18.8 Å². The van der Waals surface area contributed by atoms with E-state index in [-0.39, 0.29) is 5.92 Å². The summed E-state index contributed by atoms with van der Waals surface area (Å²) in [4.78, 5) is 14.0. The van der Waals surface area contributed by atoms with Gasteiger partial charge in [-0.25, -0.2) is 0 Å². The van der Waals surface area contributed by atoms with Crippen LogP contribution in [0.1, 0.15) is 43.2 Å². The third kappa shape index (κ3) is 3.17. The Kier molecular flexibility index (Phi) is 4.28. The van der Waals surface area contributed by atoms with E-state index in [0.29, 0.717) is 17.7 Å². The Hall–Kier alpha value is -1.31. The third-order valence-electron chi connectivity index (χ3n) is 4.36. The van der Waals surface area contributed by atoms with Crippen molar-refractivity contribution in [2.75, 3.05) is 14.1 Å². The molecule has 2 nitrogen and oxygen atoms in total. The quantitative estimate of drug-likeness (QED) is 0.794. The smallest absolute Gasteiger partial charge is 0.225 e. The number of carbonyl (C=O) groups is 1. The Bertz CT molecular complexity index is 452. The molecule has 0 saturated heterocycles. The van der Waals surface area contributed by atoms with Crippen molar-refractivity contribution in [3.63, 3.8) is 0 Å². The molecule has 2 rings (SSSR count). The summed E-state index contributed by atoms with van der Waals surface area (Å²) in [5, 5.41) is 0. The number of amides is 1. The first-order chi connectivity index (χ1) is 8.99. The maximum atomic E-state index is 12.2. The van der Waals surface area contributed by atoms with Crippen molar-refractivity contribution in [1.82, 2.24) is 4.90 Å². The van der Waals surface area contributed by atoms with Crippen molar-refractivity contribution in [2.45, 2.75) is 39.0 Å². The van der Waals surface area contributed by atoms with Gasteiger partial charge in [-0.2, -0.15) is 0 Å². The van der Waals surface area contributed by atoms with Crippen LogP contribution in [0.25, 0.3) is 0 Å². The Morgan fingerprint density at radius 2 is 1.84 bits per heavy atom. The van der Waals surface area contributed by atoms with E-state index in [1.54, 1.807) is 4.90 Å². The highest BCUT2D eigenvalue weighted by molar-refractivity contribution is 5.78. The van der Waals surface area contributed by atoms with Gasteiger partial charge < -0.3 is 4.90 Å². The molecular formula is C17H25NO. The van der Waals surface area contributed by atoms with Crippen molar-refractivity contribution in [2.24, 2.45) is 11.8 Å². The summed E-state index contributed by atoms with van der Waals surface area (Å²) < 4.78 is 0. The molecule has 2 heteroatoms. The topological polar surface area (TPSA) is 20.3 Å². The van der Waals surface area contributed by atoms with Crippen LogP contribution >= 0.6 is 0 Å². The molecule has 0 bridgehead atoms. The van der Waals surface area contributed by atoms with Gasteiger partial charge in [0.05, 0.1) is 0 Å². The van der Waals surface area contributed by atoms with Gasteiger partial charge in [0.1, 0.15) is 0 Å². The highest BCUT2D eigenvalue weighted by Gasteiger charge is 2.32. The van der Waals surface area contributed by atoms with Gasteiger partial charge in [0.25, 0.3) is 0 Å². The summed E-state index contributed by atoms with van der Waals surface area (Å²) in [5.41, 5.74) is 2.79. The minimum absolute atomic E-state index is 0.198. The number of carbonyl (C=O) groups excluding carboxylic acids is 1. The van der Waals surface area contributed by atoms with Crippen molar-refractivity contribution >= 4 is 5.91 Å². The number of rotatable bonds is 2. The van der Waals surface area contributed by atoms with Crippen LogP contribution in [-0.4, -0.2) is 24.9 Å². The Morgan fingerprint density at radius 1 is 1.16 bits per heavy atom. The first-order valence-corrected chi connectivity index (χ1v) is 7.25. The van der Waals surface area contributed by atoms with Crippen molar-refractivity contribution < 1.29 is 4.79 Å². The zero-order valence-electron chi connectivity index (χ0n) is 12.5. The van der Waals surface area contributed by atoms with Gasteiger partial charge in [-0.05, 0) is 49.1 Å². The Morgan fingerprint density at radius 3 is 2.47 bits per heavy atom. The average Bonchev–Trinajstić information content (AvgIpc) is 2.37. The molecule has 1 saturated carbocycles. The predicted molar refractivity (Wildman–Crippen MR) is 79.1 cm³/mol. The second kappa shape index (κ2) is 5.77. The minimum Gasteiger partial charge on any atom is -0.349 e. The number of hydrogen-bond acceptors (Lipinski definition) is 1. The van der Waals surface area contributed by atoms with E-state index in [2.05, 4.69) is 38.1 Å². The summed E-state index contributed by atoms with van der Waals surface area (Å²) in [6, 6.07) is 8.62. The molecule has 0 aliphatic heterocycles. The first-order valence-electron chi connectivity index (χ1n) is 7.25. The van der Waals surface area contributed by atoms with E-state index < -0.39 is 0 Å². The largest absolute Gasteiger partial charge is 0.349 e. The monoisotopic (exact) mass is 259 g/mol. The molecule has 0 spiro atoms. The maximum absolute atomic E-state index is 12.2. The fourth-order valence-electron chi connectivity index (χ4n) is 3.47. The van der Waals surface area contributed by atoms with Crippen LogP contribution in [-0.2, 0) is 4.79 Å². The van der Waals surface area contributed by atoms with Crippen molar-refractivity contribution in [1.29, 1.82) is 0 Å². The van der Waals surface area contributed by atoms with E-state index in [1.807, 2.05) is 14.1 Å². The normalized spacial score (nSPS) is 27.1. The predicted octanol–water partition coefficient (Wildman–Crippen LogP) is 3.60. The molecule has 1 aliphatic rings.